The Labute approximate surface area is 146 Å². The third-order valence-corrected chi connectivity index (χ3v) is 4.69. The monoisotopic (exact) mass is 329 g/mol. The summed E-state index contributed by atoms with van der Waals surface area (Å²) in [6.45, 7) is 6.84. The van der Waals surface area contributed by atoms with Crippen molar-refractivity contribution in [2.75, 3.05) is 6.61 Å². The van der Waals surface area contributed by atoms with Crippen LogP contribution in [0.25, 0.3) is 0 Å². The number of hydrogen-bond donors (Lipinski definition) is 2. The molecule has 0 fully saturated rings. The first-order chi connectivity index (χ1) is 11.4. The number of rotatable bonds is 7. The zero-order chi connectivity index (χ0) is 17.6. The maximum absolute atomic E-state index is 12.0. The summed E-state index contributed by atoms with van der Waals surface area (Å²) in [5, 5.41) is 12.1. The molecule has 1 aliphatic carbocycles. The largest absolute Gasteiger partial charge is 0.396 e. The Hall–Kier alpha value is -1.61. The van der Waals surface area contributed by atoms with Crippen LogP contribution < -0.4 is 5.32 Å². The van der Waals surface area contributed by atoms with E-state index in [0.717, 1.165) is 25.7 Å². The normalized spacial score (nSPS) is 20.3. The fourth-order valence-electron chi connectivity index (χ4n) is 3.08. The van der Waals surface area contributed by atoms with E-state index in [-0.39, 0.29) is 29.9 Å². The molecule has 2 atom stereocenters. The molecule has 0 unspecified atom stereocenters. The minimum absolute atomic E-state index is 0.0968. The molecule has 132 valence electrons. The molecule has 2 rings (SSSR count). The minimum atomic E-state index is 0.0968. The molecular weight excluding hydrogens is 298 g/mol. The van der Waals surface area contributed by atoms with Crippen LogP contribution >= 0.6 is 0 Å². The van der Waals surface area contributed by atoms with E-state index in [0.29, 0.717) is 6.42 Å². The summed E-state index contributed by atoms with van der Waals surface area (Å²) in [4.78, 5) is 12.0. The Morgan fingerprint density at radius 3 is 2.46 bits per heavy atom. The minimum Gasteiger partial charge on any atom is -0.396 e. The maximum Gasteiger partial charge on any atom is 0.220 e. The molecule has 0 aliphatic heterocycles. The number of carbonyl (C=O) groups excluding carboxylic acids is 1. The van der Waals surface area contributed by atoms with E-state index in [4.69, 9.17) is 5.11 Å². The Bertz CT molecular complexity index is 554. The van der Waals surface area contributed by atoms with E-state index in [1.807, 2.05) is 12.2 Å². The number of hydrogen-bond acceptors (Lipinski definition) is 2. The zero-order valence-electron chi connectivity index (χ0n) is 15.2. The van der Waals surface area contributed by atoms with Crippen molar-refractivity contribution in [2.45, 2.75) is 64.3 Å². The van der Waals surface area contributed by atoms with Crippen LogP contribution in [0.5, 0.6) is 0 Å². The molecule has 1 amide bonds. The van der Waals surface area contributed by atoms with E-state index in [1.54, 1.807) is 0 Å². The zero-order valence-corrected chi connectivity index (χ0v) is 15.2. The Balaban J connectivity index is 1.64. The van der Waals surface area contributed by atoms with E-state index in [2.05, 4.69) is 50.4 Å². The van der Waals surface area contributed by atoms with Crippen molar-refractivity contribution in [3.8, 4) is 0 Å². The van der Waals surface area contributed by atoms with Crippen molar-refractivity contribution in [2.24, 2.45) is 5.92 Å². The van der Waals surface area contributed by atoms with Gasteiger partial charge in [-0.05, 0) is 42.2 Å². The second kappa shape index (κ2) is 8.48. The molecule has 0 bridgehead atoms. The smallest absolute Gasteiger partial charge is 0.220 e. The van der Waals surface area contributed by atoms with Crippen molar-refractivity contribution < 1.29 is 9.90 Å². The van der Waals surface area contributed by atoms with Crippen LogP contribution in [0.1, 0.15) is 57.6 Å². The van der Waals surface area contributed by atoms with Gasteiger partial charge in [-0.25, -0.2) is 0 Å². The van der Waals surface area contributed by atoms with Gasteiger partial charge in [0.2, 0.25) is 5.91 Å². The van der Waals surface area contributed by atoms with Crippen molar-refractivity contribution in [1.82, 2.24) is 5.32 Å². The average molecular weight is 329 g/mol. The van der Waals surface area contributed by atoms with Gasteiger partial charge in [0.15, 0.2) is 0 Å². The van der Waals surface area contributed by atoms with Crippen molar-refractivity contribution >= 4 is 5.91 Å². The number of carbonyl (C=O) groups is 1. The SMILES string of the molecule is CC(C)(C)c1ccc(CCCCC(=O)N[C@@H]2C=C[C@H](CO)C2)cc1. The van der Waals surface area contributed by atoms with Gasteiger partial charge in [-0.2, -0.15) is 0 Å². The molecule has 0 heterocycles. The fourth-order valence-corrected chi connectivity index (χ4v) is 3.08. The lowest BCUT2D eigenvalue weighted by molar-refractivity contribution is -0.121. The summed E-state index contributed by atoms with van der Waals surface area (Å²) in [7, 11) is 0. The van der Waals surface area contributed by atoms with E-state index < -0.39 is 0 Å². The predicted octanol–water partition coefficient (Wildman–Crippen LogP) is 3.75. The number of nitrogens with one attached hydrogen (secondary N) is 1. The molecule has 1 aliphatic rings. The first-order valence-electron chi connectivity index (χ1n) is 9.06. The van der Waals surface area contributed by atoms with Crippen LogP contribution in [-0.4, -0.2) is 23.7 Å². The summed E-state index contributed by atoms with van der Waals surface area (Å²) in [5.74, 6) is 0.317. The highest BCUT2D eigenvalue weighted by Gasteiger charge is 2.19. The molecule has 0 radical (unpaired) electrons. The number of amides is 1. The Morgan fingerprint density at radius 1 is 1.17 bits per heavy atom. The molecule has 24 heavy (non-hydrogen) atoms. The summed E-state index contributed by atoms with van der Waals surface area (Å²) in [5.41, 5.74) is 2.89. The van der Waals surface area contributed by atoms with Crippen LogP contribution in [0, 0.1) is 5.92 Å². The van der Waals surface area contributed by atoms with Gasteiger partial charge in [0, 0.05) is 25.0 Å². The number of unbranched alkanes of at least 4 members (excludes halogenated alkanes) is 1. The topological polar surface area (TPSA) is 49.3 Å². The summed E-state index contributed by atoms with van der Waals surface area (Å²) < 4.78 is 0. The van der Waals surface area contributed by atoms with E-state index >= 15 is 0 Å². The lowest BCUT2D eigenvalue weighted by atomic mass is 9.86. The second-order valence-electron chi connectivity index (χ2n) is 7.89. The quantitative estimate of drug-likeness (QED) is 0.591. The third-order valence-electron chi connectivity index (χ3n) is 4.69. The van der Waals surface area contributed by atoms with Gasteiger partial charge in [0.1, 0.15) is 0 Å². The molecule has 0 aromatic heterocycles. The van der Waals surface area contributed by atoms with Gasteiger partial charge in [-0.15, -0.1) is 0 Å². The van der Waals surface area contributed by atoms with Gasteiger partial charge in [0.05, 0.1) is 0 Å². The Kier molecular flexibility index (Phi) is 6.61. The van der Waals surface area contributed by atoms with Gasteiger partial charge in [-0.1, -0.05) is 57.2 Å². The van der Waals surface area contributed by atoms with Crippen molar-refractivity contribution in [3.05, 3.63) is 47.5 Å². The van der Waals surface area contributed by atoms with Gasteiger partial charge in [-0.3, -0.25) is 4.79 Å². The molecule has 1 aromatic carbocycles. The maximum atomic E-state index is 12.0. The first-order valence-corrected chi connectivity index (χ1v) is 9.06. The van der Waals surface area contributed by atoms with Gasteiger partial charge < -0.3 is 10.4 Å². The van der Waals surface area contributed by atoms with Gasteiger partial charge in [0.25, 0.3) is 0 Å². The lowest BCUT2D eigenvalue weighted by Crippen LogP contribution is -2.32. The van der Waals surface area contributed by atoms with Crippen LogP contribution in [0.2, 0.25) is 0 Å². The van der Waals surface area contributed by atoms with Crippen molar-refractivity contribution in [3.63, 3.8) is 0 Å². The predicted molar refractivity (Wildman–Crippen MR) is 99.0 cm³/mol. The highest BCUT2D eigenvalue weighted by molar-refractivity contribution is 5.76. The first kappa shape index (κ1) is 18.7. The summed E-state index contributed by atoms with van der Waals surface area (Å²) in [6.07, 6.45) is 8.35. The molecule has 3 nitrogen and oxygen atoms in total. The number of benzene rings is 1. The highest BCUT2D eigenvalue weighted by Crippen LogP contribution is 2.22. The summed E-state index contributed by atoms with van der Waals surface area (Å²) >= 11 is 0. The van der Waals surface area contributed by atoms with Crippen molar-refractivity contribution in [1.29, 1.82) is 0 Å². The van der Waals surface area contributed by atoms with Crippen LogP contribution in [0.15, 0.2) is 36.4 Å². The number of aryl methyl sites for hydroxylation is 1. The van der Waals surface area contributed by atoms with E-state index in [9.17, 15) is 4.79 Å². The molecule has 0 saturated heterocycles. The van der Waals surface area contributed by atoms with Crippen LogP contribution in [-0.2, 0) is 16.6 Å². The number of aliphatic hydroxyl groups excluding tert-OH is 1. The van der Waals surface area contributed by atoms with E-state index in [1.165, 1.54) is 11.1 Å². The lowest BCUT2D eigenvalue weighted by Gasteiger charge is -2.19. The molecule has 0 spiro atoms. The molecule has 1 aromatic rings. The third kappa shape index (κ3) is 5.79. The molecular formula is C21H31NO2. The molecule has 3 heteroatoms. The summed E-state index contributed by atoms with van der Waals surface area (Å²) in [6, 6.07) is 8.94. The molecule has 0 saturated carbocycles. The number of aliphatic hydroxyl groups is 1. The van der Waals surface area contributed by atoms with Crippen LogP contribution in [0.3, 0.4) is 0 Å². The van der Waals surface area contributed by atoms with Gasteiger partial charge >= 0.3 is 0 Å². The van der Waals surface area contributed by atoms with Crippen LogP contribution in [0.4, 0.5) is 0 Å². The second-order valence-corrected chi connectivity index (χ2v) is 7.89. The molecule has 2 N–H and O–H groups in total. The fraction of sp³-hybridized carbons (Fsp3) is 0.571. The average Bonchev–Trinajstić information content (AvgIpc) is 2.99. The Morgan fingerprint density at radius 2 is 1.88 bits per heavy atom. The highest BCUT2D eigenvalue weighted by atomic mass is 16.3. The standard InChI is InChI=1S/C21H31NO2/c1-21(2,3)18-11-8-16(9-12-18)6-4-5-7-20(24)22-19-13-10-17(14-19)15-23/h8-13,17,19,23H,4-7,14-15H2,1-3H3,(H,22,24)/t17-,19+/m0/s1.